The van der Waals surface area contributed by atoms with Crippen LogP contribution < -0.4 is 5.32 Å². The number of benzene rings is 1. The van der Waals surface area contributed by atoms with Gasteiger partial charge in [0.05, 0.1) is 12.8 Å². The van der Waals surface area contributed by atoms with Crippen molar-refractivity contribution in [2.75, 3.05) is 0 Å². The van der Waals surface area contributed by atoms with Crippen LogP contribution in [0.5, 0.6) is 0 Å². The number of nitrogens with zero attached hydrogens (tertiary/aromatic N) is 1. The standard InChI is InChI=1S/C22H27N3OSSi/c26-21(23-17-9-13-28(14-10-17)11-5-2-6-12-28)18-15-19-20(24-18)25-22(27-19)16-7-3-1-4-8-16/h1,3-4,7-8,15,17,24H,2,5-6,9-14H2,(H,23,26). The number of nitrogens with one attached hydrogen (secondary N) is 2. The fourth-order valence-corrected chi connectivity index (χ4v) is 11.5. The number of aromatic amines is 1. The van der Waals surface area contributed by atoms with Gasteiger partial charge in [-0.3, -0.25) is 4.79 Å². The summed E-state index contributed by atoms with van der Waals surface area (Å²) in [5, 5.41) is 4.27. The molecule has 2 N–H and O–H groups in total. The zero-order chi connectivity index (χ0) is 19.0. The fraction of sp³-hybridized carbons (Fsp3) is 0.455. The van der Waals surface area contributed by atoms with Gasteiger partial charge in [0.15, 0.2) is 0 Å². The molecular formula is C22H27N3OSSi. The van der Waals surface area contributed by atoms with Crippen LogP contribution in [0.4, 0.5) is 0 Å². The molecule has 0 saturated carbocycles. The van der Waals surface area contributed by atoms with Crippen LogP contribution >= 0.6 is 11.3 Å². The third-order valence-electron chi connectivity index (χ3n) is 6.74. The highest BCUT2D eigenvalue weighted by Crippen LogP contribution is 2.41. The SMILES string of the molecule is O=C(NC1CC[Si]2(CCCCC2)CC1)c1cc2sc(-c3ccccc3)nc2[nH]1. The number of aromatic nitrogens is 2. The second kappa shape index (κ2) is 7.48. The van der Waals surface area contributed by atoms with Gasteiger partial charge >= 0.3 is 0 Å². The molecule has 0 aliphatic carbocycles. The normalized spacial score (nSPS) is 19.9. The van der Waals surface area contributed by atoms with E-state index in [-0.39, 0.29) is 5.91 Å². The Balaban J connectivity index is 1.23. The number of H-pyrrole nitrogens is 1. The fourth-order valence-electron chi connectivity index (χ4n) is 5.08. The van der Waals surface area contributed by atoms with Crippen LogP contribution in [0.2, 0.25) is 24.2 Å². The lowest BCUT2D eigenvalue weighted by atomic mass is 10.1. The van der Waals surface area contributed by atoms with Gasteiger partial charge in [-0.1, -0.05) is 73.8 Å². The minimum absolute atomic E-state index is 0.0257. The van der Waals surface area contributed by atoms with Crippen molar-refractivity contribution in [2.24, 2.45) is 0 Å². The number of carbonyl (C=O) groups excluding carboxylic acids is 1. The lowest BCUT2D eigenvalue weighted by molar-refractivity contribution is 0.0929. The van der Waals surface area contributed by atoms with Crippen molar-refractivity contribution in [1.29, 1.82) is 0 Å². The first-order valence-electron chi connectivity index (χ1n) is 10.6. The van der Waals surface area contributed by atoms with E-state index in [2.05, 4.69) is 27.4 Å². The number of rotatable bonds is 3. The summed E-state index contributed by atoms with van der Waals surface area (Å²) in [6.45, 7) is 0. The molecule has 2 aliphatic rings. The van der Waals surface area contributed by atoms with E-state index in [0.29, 0.717) is 11.7 Å². The van der Waals surface area contributed by atoms with E-state index in [0.717, 1.165) is 20.9 Å². The Morgan fingerprint density at radius 1 is 1.07 bits per heavy atom. The molecule has 0 radical (unpaired) electrons. The molecule has 0 atom stereocenters. The van der Waals surface area contributed by atoms with Crippen molar-refractivity contribution in [3.8, 4) is 10.6 Å². The van der Waals surface area contributed by atoms with Gasteiger partial charge in [-0.05, 0) is 18.9 Å². The number of thiazole rings is 1. The molecular weight excluding hydrogens is 382 g/mol. The van der Waals surface area contributed by atoms with Gasteiger partial charge in [0.2, 0.25) is 0 Å². The highest BCUT2D eigenvalue weighted by Gasteiger charge is 2.38. The van der Waals surface area contributed by atoms with Crippen molar-refractivity contribution in [3.63, 3.8) is 0 Å². The Hall–Kier alpha value is -1.92. The molecule has 28 heavy (non-hydrogen) atoms. The molecule has 1 amide bonds. The van der Waals surface area contributed by atoms with Crippen LogP contribution in [0, 0.1) is 0 Å². The van der Waals surface area contributed by atoms with Crippen LogP contribution in [-0.4, -0.2) is 30.0 Å². The summed E-state index contributed by atoms with van der Waals surface area (Å²) in [6, 6.07) is 18.4. The maximum atomic E-state index is 12.7. The second-order valence-electron chi connectivity index (χ2n) is 8.59. The number of carbonyl (C=O) groups is 1. The van der Waals surface area contributed by atoms with Crippen LogP contribution in [0.1, 0.15) is 42.6 Å². The molecule has 4 heterocycles. The van der Waals surface area contributed by atoms with Gasteiger partial charge in [0.25, 0.3) is 5.91 Å². The quantitative estimate of drug-likeness (QED) is 0.536. The average Bonchev–Trinajstić information content (AvgIpc) is 3.31. The molecule has 1 aromatic carbocycles. The summed E-state index contributed by atoms with van der Waals surface area (Å²) >= 11 is 1.63. The Bertz CT molecular complexity index is 933. The molecule has 146 valence electrons. The maximum absolute atomic E-state index is 12.7. The van der Waals surface area contributed by atoms with Crippen LogP contribution in [0.3, 0.4) is 0 Å². The highest BCUT2D eigenvalue weighted by molar-refractivity contribution is 7.21. The molecule has 2 saturated heterocycles. The minimum atomic E-state index is -0.964. The van der Waals surface area contributed by atoms with Crippen LogP contribution in [0.15, 0.2) is 36.4 Å². The van der Waals surface area contributed by atoms with Gasteiger partial charge in [-0.2, -0.15) is 0 Å². The van der Waals surface area contributed by atoms with Crippen LogP contribution in [0.25, 0.3) is 20.9 Å². The molecule has 2 aliphatic heterocycles. The number of hydrogen-bond acceptors (Lipinski definition) is 3. The molecule has 5 rings (SSSR count). The van der Waals surface area contributed by atoms with Crippen molar-refractivity contribution in [2.45, 2.75) is 62.3 Å². The molecule has 4 nitrogen and oxygen atoms in total. The first kappa shape index (κ1) is 18.1. The summed E-state index contributed by atoms with van der Waals surface area (Å²) in [4.78, 5) is 20.7. The third-order valence-corrected chi connectivity index (χ3v) is 13.3. The average molecular weight is 410 g/mol. The third kappa shape index (κ3) is 3.55. The molecule has 2 aromatic heterocycles. The predicted molar refractivity (Wildman–Crippen MR) is 119 cm³/mol. The summed E-state index contributed by atoms with van der Waals surface area (Å²) in [7, 11) is -0.964. The van der Waals surface area contributed by atoms with E-state index in [4.69, 9.17) is 0 Å². The Morgan fingerprint density at radius 3 is 2.54 bits per heavy atom. The predicted octanol–water partition coefficient (Wildman–Crippen LogP) is 5.82. The molecule has 2 fully saturated rings. The highest BCUT2D eigenvalue weighted by atomic mass is 32.1. The molecule has 3 aromatic rings. The van der Waals surface area contributed by atoms with Crippen LogP contribution in [-0.2, 0) is 0 Å². The lowest BCUT2D eigenvalue weighted by Gasteiger charge is -2.41. The first-order chi connectivity index (χ1) is 13.7. The summed E-state index contributed by atoms with van der Waals surface area (Å²) in [5.74, 6) is 0.0257. The lowest BCUT2D eigenvalue weighted by Crippen LogP contribution is -2.46. The Morgan fingerprint density at radius 2 is 1.82 bits per heavy atom. The monoisotopic (exact) mass is 409 g/mol. The van der Waals surface area contributed by atoms with Crippen molar-refractivity contribution in [1.82, 2.24) is 15.3 Å². The van der Waals surface area contributed by atoms with E-state index in [1.807, 2.05) is 24.3 Å². The van der Waals surface area contributed by atoms with Gasteiger partial charge in [0.1, 0.15) is 16.3 Å². The number of fused-ring (bicyclic) bond motifs is 1. The molecule has 1 spiro atoms. The van der Waals surface area contributed by atoms with Gasteiger partial charge in [0, 0.05) is 11.6 Å². The summed E-state index contributed by atoms with van der Waals surface area (Å²) < 4.78 is 1.04. The second-order valence-corrected chi connectivity index (χ2v) is 14.6. The van der Waals surface area contributed by atoms with Gasteiger partial charge in [-0.15, -0.1) is 11.3 Å². The molecule has 0 unspecified atom stereocenters. The Labute approximate surface area is 170 Å². The molecule has 6 heteroatoms. The zero-order valence-corrected chi connectivity index (χ0v) is 18.0. The van der Waals surface area contributed by atoms with Crippen molar-refractivity contribution < 1.29 is 4.79 Å². The Kier molecular flexibility index (Phi) is 4.84. The van der Waals surface area contributed by atoms with E-state index < -0.39 is 8.07 Å². The maximum Gasteiger partial charge on any atom is 0.268 e. The minimum Gasteiger partial charge on any atom is -0.348 e. The topological polar surface area (TPSA) is 57.8 Å². The first-order valence-corrected chi connectivity index (χ1v) is 14.2. The number of hydrogen-bond donors (Lipinski definition) is 2. The van der Waals surface area contributed by atoms with E-state index >= 15 is 0 Å². The number of amides is 1. The van der Waals surface area contributed by atoms with Gasteiger partial charge < -0.3 is 10.3 Å². The largest absolute Gasteiger partial charge is 0.348 e. The molecule has 0 bridgehead atoms. The van der Waals surface area contributed by atoms with E-state index in [9.17, 15) is 4.79 Å². The van der Waals surface area contributed by atoms with E-state index in [1.165, 1.54) is 56.3 Å². The summed E-state index contributed by atoms with van der Waals surface area (Å²) in [6.07, 6.45) is 6.73. The smallest absolute Gasteiger partial charge is 0.268 e. The van der Waals surface area contributed by atoms with Gasteiger partial charge in [-0.25, -0.2) is 4.98 Å². The van der Waals surface area contributed by atoms with Crippen molar-refractivity contribution in [3.05, 3.63) is 42.1 Å². The summed E-state index contributed by atoms with van der Waals surface area (Å²) in [5.41, 5.74) is 2.57. The zero-order valence-electron chi connectivity index (χ0n) is 16.2. The van der Waals surface area contributed by atoms with E-state index in [1.54, 1.807) is 11.3 Å². The van der Waals surface area contributed by atoms with Crippen molar-refractivity contribution >= 4 is 35.7 Å².